The molecule has 0 atom stereocenters. The topological polar surface area (TPSA) is 61.8 Å². The van der Waals surface area contributed by atoms with Gasteiger partial charge in [-0.2, -0.15) is 0 Å². The highest BCUT2D eigenvalue weighted by molar-refractivity contribution is 9.10. The monoisotopic (exact) mass is 351 g/mol. The molecule has 2 aromatic rings. The minimum absolute atomic E-state index is 0.0587. The first-order valence-corrected chi connectivity index (χ1v) is 7.03. The summed E-state index contributed by atoms with van der Waals surface area (Å²) in [5.74, 6) is -0.186. The zero-order valence-corrected chi connectivity index (χ0v) is 13.0. The van der Waals surface area contributed by atoms with E-state index in [9.17, 15) is 4.39 Å². The number of hydrogen-bond acceptors (Lipinski definition) is 3. The second-order valence-corrected chi connectivity index (χ2v) is 5.49. The van der Waals surface area contributed by atoms with Crippen molar-refractivity contribution in [3.8, 4) is 0 Å². The van der Waals surface area contributed by atoms with E-state index in [1.807, 2.05) is 18.0 Å². The summed E-state index contributed by atoms with van der Waals surface area (Å²) in [6.07, 6.45) is 0. The van der Waals surface area contributed by atoms with Crippen LogP contribution in [0.5, 0.6) is 0 Å². The Bertz CT molecular complexity index is 658. The van der Waals surface area contributed by atoms with Crippen LogP contribution in [0.2, 0.25) is 0 Å². The van der Waals surface area contributed by atoms with Crippen molar-refractivity contribution >= 4 is 27.5 Å². The summed E-state index contributed by atoms with van der Waals surface area (Å²) in [7, 11) is 1.94. The van der Waals surface area contributed by atoms with Crippen LogP contribution >= 0.6 is 15.9 Å². The molecular weight excluding hydrogens is 337 g/mol. The number of oxime groups is 1. The van der Waals surface area contributed by atoms with Gasteiger partial charge in [-0.3, -0.25) is 0 Å². The van der Waals surface area contributed by atoms with E-state index in [-0.39, 0.29) is 11.7 Å². The van der Waals surface area contributed by atoms with E-state index >= 15 is 0 Å². The van der Waals surface area contributed by atoms with Gasteiger partial charge in [0.1, 0.15) is 5.82 Å². The molecule has 0 radical (unpaired) electrons. The van der Waals surface area contributed by atoms with E-state index in [4.69, 9.17) is 10.9 Å². The lowest BCUT2D eigenvalue weighted by Gasteiger charge is -2.21. The van der Waals surface area contributed by atoms with Crippen molar-refractivity contribution in [2.75, 3.05) is 11.9 Å². The standard InChI is InChI=1S/C15H15BrFN3O/c1-20(9-10-2-5-12(17)6-3-10)14-7-4-11(8-13(14)16)15(18)19-21/h2-8,21H,9H2,1H3,(H2,18,19). The van der Waals surface area contributed by atoms with E-state index in [1.165, 1.54) is 12.1 Å². The Kier molecular flexibility index (Phi) is 4.80. The average Bonchev–Trinajstić information content (AvgIpc) is 2.48. The molecule has 0 amide bonds. The van der Waals surface area contributed by atoms with Crippen molar-refractivity contribution in [1.29, 1.82) is 0 Å². The second kappa shape index (κ2) is 6.58. The fraction of sp³-hybridized carbons (Fsp3) is 0.133. The summed E-state index contributed by atoms with van der Waals surface area (Å²) in [6, 6.07) is 11.8. The number of rotatable bonds is 4. The minimum Gasteiger partial charge on any atom is -0.409 e. The Morgan fingerprint density at radius 3 is 2.52 bits per heavy atom. The van der Waals surface area contributed by atoms with E-state index in [2.05, 4.69) is 21.1 Å². The Labute approximate surface area is 130 Å². The van der Waals surface area contributed by atoms with Crippen LogP contribution in [0.3, 0.4) is 0 Å². The summed E-state index contributed by atoms with van der Waals surface area (Å²) in [5.41, 5.74) is 8.14. The van der Waals surface area contributed by atoms with Gasteiger partial charge in [0.05, 0.1) is 5.69 Å². The van der Waals surface area contributed by atoms with Crippen molar-refractivity contribution in [1.82, 2.24) is 0 Å². The van der Waals surface area contributed by atoms with Gasteiger partial charge in [0.25, 0.3) is 0 Å². The molecule has 0 bridgehead atoms. The van der Waals surface area contributed by atoms with Crippen molar-refractivity contribution in [2.24, 2.45) is 10.9 Å². The van der Waals surface area contributed by atoms with Gasteiger partial charge in [0, 0.05) is 23.6 Å². The number of nitrogens with zero attached hydrogens (tertiary/aromatic N) is 2. The molecule has 110 valence electrons. The summed E-state index contributed by atoms with van der Waals surface area (Å²) in [6.45, 7) is 0.641. The fourth-order valence-corrected chi connectivity index (χ4v) is 2.66. The van der Waals surface area contributed by atoms with Crippen molar-refractivity contribution < 1.29 is 9.60 Å². The van der Waals surface area contributed by atoms with Crippen LogP contribution in [0.1, 0.15) is 11.1 Å². The molecule has 0 aliphatic carbocycles. The summed E-state index contributed by atoms with van der Waals surface area (Å²) >= 11 is 3.48. The Morgan fingerprint density at radius 2 is 1.95 bits per heavy atom. The van der Waals surface area contributed by atoms with Crippen LogP contribution in [0, 0.1) is 5.82 Å². The van der Waals surface area contributed by atoms with Crippen LogP contribution in [0.15, 0.2) is 52.1 Å². The van der Waals surface area contributed by atoms with Crippen molar-refractivity contribution in [3.05, 3.63) is 63.9 Å². The molecule has 0 saturated heterocycles. The van der Waals surface area contributed by atoms with Crippen LogP contribution in [-0.4, -0.2) is 18.1 Å². The maximum atomic E-state index is 12.9. The molecule has 21 heavy (non-hydrogen) atoms. The van der Waals surface area contributed by atoms with Crippen molar-refractivity contribution in [2.45, 2.75) is 6.54 Å². The van der Waals surface area contributed by atoms with E-state index in [0.717, 1.165) is 15.7 Å². The summed E-state index contributed by atoms with van der Waals surface area (Å²) < 4.78 is 13.7. The lowest BCUT2D eigenvalue weighted by Crippen LogP contribution is -2.18. The van der Waals surface area contributed by atoms with Gasteiger partial charge in [-0.05, 0) is 51.8 Å². The van der Waals surface area contributed by atoms with E-state index in [1.54, 1.807) is 24.3 Å². The Balaban J connectivity index is 2.19. The third kappa shape index (κ3) is 3.72. The molecule has 0 unspecified atom stereocenters. The number of amidine groups is 1. The van der Waals surface area contributed by atoms with Gasteiger partial charge in [-0.1, -0.05) is 17.3 Å². The lowest BCUT2D eigenvalue weighted by atomic mass is 10.1. The lowest BCUT2D eigenvalue weighted by molar-refractivity contribution is 0.318. The highest BCUT2D eigenvalue weighted by Gasteiger charge is 2.09. The molecule has 2 aromatic carbocycles. The summed E-state index contributed by atoms with van der Waals surface area (Å²) in [5, 5.41) is 11.7. The number of halogens is 2. The number of nitrogens with two attached hydrogens (primary N) is 1. The predicted octanol–water partition coefficient (Wildman–Crippen LogP) is 3.32. The molecule has 2 rings (SSSR count). The SMILES string of the molecule is CN(Cc1ccc(F)cc1)c1ccc(/C(N)=N/O)cc1Br. The van der Waals surface area contributed by atoms with Gasteiger partial charge in [0.2, 0.25) is 0 Å². The Hall–Kier alpha value is -2.08. The first kappa shape index (κ1) is 15.3. The molecule has 3 N–H and O–H groups in total. The molecule has 0 aliphatic heterocycles. The van der Waals surface area contributed by atoms with E-state index in [0.29, 0.717) is 12.1 Å². The smallest absolute Gasteiger partial charge is 0.170 e. The molecule has 0 fully saturated rings. The van der Waals surface area contributed by atoms with E-state index < -0.39 is 0 Å². The molecule has 0 aliphatic rings. The zero-order valence-electron chi connectivity index (χ0n) is 11.4. The molecule has 0 heterocycles. The second-order valence-electron chi connectivity index (χ2n) is 4.63. The van der Waals surface area contributed by atoms with Gasteiger partial charge in [0.15, 0.2) is 5.84 Å². The molecule has 0 spiro atoms. The molecule has 0 aromatic heterocycles. The highest BCUT2D eigenvalue weighted by Crippen LogP contribution is 2.27. The molecular formula is C15H15BrFN3O. The van der Waals surface area contributed by atoms with Gasteiger partial charge < -0.3 is 15.8 Å². The average molecular weight is 352 g/mol. The molecule has 4 nitrogen and oxygen atoms in total. The zero-order chi connectivity index (χ0) is 15.4. The first-order valence-electron chi connectivity index (χ1n) is 6.24. The fourth-order valence-electron chi connectivity index (χ4n) is 1.98. The quantitative estimate of drug-likeness (QED) is 0.384. The molecule has 0 saturated carbocycles. The number of benzene rings is 2. The largest absolute Gasteiger partial charge is 0.409 e. The maximum Gasteiger partial charge on any atom is 0.170 e. The predicted molar refractivity (Wildman–Crippen MR) is 85.2 cm³/mol. The van der Waals surface area contributed by atoms with Crippen LogP contribution < -0.4 is 10.6 Å². The maximum absolute atomic E-state index is 12.9. The van der Waals surface area contributed by atoms with Gasteiger partial charge in [-0.15, -0.1) is 0 Å². The first-order chi connectivity index (χ1) is 10.0. The minimum atomic E-state index is -0.245. The van der Waals surface area contributed by atoms with Gasteiger partial charge in [-0.25, -0.2) is 4.39 Å². The molecule has 6 heteroatoms. The van der Waals surface area contributed by atoms with Gasteiger partial charge >= 0.3 is 0 Å². The summed E-state index contributed by atoms with van der Waals surface area (Å²) in [4.78, 5) is 2.02. The third-order valence-corrected chi connectivity index (χ3v) is 3.73. The van der Waals surface area contributed by atoms with Crippen LogP contribution in [-0.2, 0) is 6.54 Å². The van der Waals surface area contributed by atoms with Crippen LogP contribution in [0.4, 0.5) is 10.1 Å². The van der Waals surface area contributed by atoms with Crippen LogP contribution in [0.25, 0.3) is 0 Å². The highest BCUT2D eigenvalue weighted by atomic mass is 79.9. The normalized spacial score (nSPS) is 11.5. The number of anilines is 1. The van der Waals surface area contributed by atoms with Crippen molar-refractivity contribution in [3.63, 3.8) is 0 Å². The number of hydrogen-bond donors (Lipinski definition) is 2. The third-order valence-electron chi connectivity index (χ3n) is 3.10. The Morgan fingerprint density at radius 1 is 1.29 bits per heavy atom.